The third-order valence-corrected chi connectivity index (χ3v) is 14.9. The van der Waals surface area contributed by atoms with E-state index in [1.54, 1.807) is 17.8 Å². The number of hydrogen-bond acceptors (Lipinski definition) is 10. The van der Waals surface area contributed by atoms with E-state index in [1.165, 1.54) is 0 Å². The van der Waals surface area contributed by atoms with Crippen molar-refractivity contribution in [1.29, 1.82) is 0 Å². The van der Waals surface area contributed by atoms with E-state index in [0.29, 0.717) is 43.9 Å². The maximum atomic E-state index is 15.2. The summed E-state index contributed by atoms with van der Waals surface area (Å²) >= 11 is 1.69. The summed E-state index contributed by atoms with van der Waals surface area (Å²) in [7, 11) is 0. The van der Waals surface area contributed by atoms with Crippen molar-refractivity contribution in [3.8, 4) is 17.2 Å². The second kappa shape index (κ2) is 20.9. The average molecular weight is 901 g/mol. The smallest absolute Gasteiger partial charge is 0.239 e. The second-order valence-corrected chi connectivity index (χ2v) is 19.2. The first kappa shape index (κ1) is 45.5. The molecule has 11 heteroatoms. The largest absolute Gasteiger partial charge is 0.459 e. The fourth-order valence-electron chi connectivity index (χ4n) is 10.9. The lowest BCUT2D eigenvalue weighted by molar-refractivity contribution is -0.258. The summed E-state index contributed by atoms with van der Waals surface area (Å²) in [5, 5.41) is 27.4. The van der Waals surface area contributed by atoms with Gasteiger partial charge in [-0.3, -0.25) is 4.79 Å². The number of aliphatic hydroxyl groups excluding tert-OH is 2. The molecule has 1 saturated heterocycles. The number of aliphatic hydroxyl groups is 2. The lowest BCUT2D eigenvalue weighted by Gasteiger charge is -2.60. The number of nitrogens with zero attached hydrogens (tertiary/aromatic N) is 2. The van der Waals surface area contributed by atoms with Crippen LogP contribution in [0.4, 0.5) is 0 Å². The molecule has 7 unspecified atom stereocenters. The number of rotatable bonds is 20. The number of hydrogen-bond donors (Lipinski definition) is 2. The standard InChI is InChI=1S/C54H64N2O8S/c1-3-30-61-54-49(56(53(59)37-20-21-37)35-39-16-12-15-36-13-4-5-17-43(36)39)34-47(55-64-50-19-8-11-31-60-50)45-32-38(14-6-9-28-57)44(18-7-10-29-58)51(52(45)54)46-33-41(24-27-48(46)63-54)62-40-22-25-42(65-2)26-23-40/h3-5,12-13,15-17,22-27,32-33,37-38,44,49-52,57-58H,1,6-11,14,18-21,28-31,34-35H2,2H3. The van der Waals surface area contributed by atoms with E-state index < -0.39 is 24.0 Å². The van der Waals surface area contributed by atoms with Crippen LogP contribution in [0.2, 0.25) is 0 Å². The zero-order chi connectivity index (χ0) is 44.8. The zero-order valence-electron chi connectivity index (χ0n) is 37.7. The molecule has 3 fully saturated rings. The number of carbonyl (C=O) groups excluding carboxylic acids is 1. The Morgan fingerprint density at radius 2 is 1.72 bits per heavy atom. The first-order valence-electron chi connectivity index (χ1n) is 23.9. The van der Waals surface area contributed by atoms with E-state index >= 15 is 4.79 Å². The van der Waals surface area contributed by atoms with Gasteiger partial charge in [-0.15, -0.1) is 18.3 Å². The van der Waals surface area contributed by atoms with Crippen LogP contribution >= 0.6 is 11.8 Å². The van der Waals surface area contributed by atoms with Gasteiger partial charge in [-0.25, -0.2) is 0 Å². The third kappa shape index (κ3) is 9.77. The number of benzene rings is 4. The van der Waals surface area contributed by atoms with E-state index in [0.717, 1.165) is 102 Å². The molecule has 0 spiro atoms. The van der Waals surface area contributed by atoms with E-state index in [-0.39, 0.29) is 49.4 Å². The minimum Gasteiger partial charge on any atom is -0.459 e. The molecular weight excluding hydrogens is 837 g/mol. The highest BCUT2D eigenvalue weighted by Gasteiger charge is 2.66. The summed E-state index contributed by atoms with van der Waals surface area (Å²) in [6.07, 6.45) is 15.3. The Bertz CT molecular complexity index is 2340. The minimum atomic E-state index is -1.35. The van der Waals surface area contributed by atoms with Crippen LogP contribution in [0.3, 0.4) is 0 Å². The Hall–Kier alpha value is -4.65. The molecule has 344 valence electrons. The van der Waals surface area contributed by atoms with Gasteiger partial charge in [0.05, 0.1) is 24.8 Å². The molecule has 0 aromatic heterocycles. The first-order valence-corrected chi connectivity index (χ1v) is 25.1. The number of oxime groups is 1. The van der Waals surface area contributed by atoms with Crippen molar-refractivity contribution in [3.05, 3.63) is 120 Å². The molecule has 0 bridgehead atoms. The van der Waals surface area contributed by atoms with Gasteiger partial charge in [0, 0.05) is 54.9 Å². The van der Waals surface area contributed by atoms with Crippen molar-refractivity contribution in [3.63, 3.8) is 0 Å². The minimum absolute atomic E-state index is 0.0875. The average Bonchev–Trinajstić information content (AvgIpc) is 4.20. The summed E-state index contributed by atoms with van der Waals surface area (Å²) in [6.45, 7) is 5.55. The maximum Gasteiger partial charge on any atom is 0.239 e. The van der Waals surface area contributed by atoms with Crippen molar-refractivity contribution in [1.82, 2.24) is 4.90 Å². The Balaban J connectivity index is 1.24. The van der Waals surface area contributed by atoms with Crippen molar-refractivity contribution in [2.45, 2.75) is 113 Å². The van der Waals surface area contributed by atoms with E-state index in [4.69, 9.17) is 28.9 Å². The molecule has 0 radical (unpaired) electrons. The molecule has 4 aromatic rings. The number of carbonyl (C=O) groups is 1. The summed E-state index contributed by atoms with van der Waals surface area (Å²) < 4.78 is 27.5. The monoisotopic (exact) mass is 900 g/mol. The maximum absolute atomic E-state index is 15.2. The molecule has 2 N–H and O–H groups in total. The Morgan fingerprint density at radius 1 is 0.938 bits per heavy atom. The van der Waals surface area contributed by atoms with Gasteiger partial charge in [0.15, 0.2) is 0 Å². The van der Waals surface area contributed by atoms with Gasteiger partial charge in [0.2, 0.25) is 18.0 Å². The highest BCUT2D eigenvalue weighted by atomic mass is 32.2. The number of thioether (sulfide) groups is 1. The Morgan fingerprint density at radius 3 is 2.48 bits per heavy atom. The van der Waals surface area contributed by atoms with Crippen molar-refractivity contribution in [2.75, 3.05) is 32.7 Å². The topological polar surface area (TPSA) is 119 Å². The highest BCUT2D eigenvalue weighted by molar-refractivity contribution is 7.98. The van der Waals surface area contributed by atoms with E-state index in [9.17, 15) is 10.2 Å². The molecule has 2 aliphatic heterocycles. The predicted octanol–water partition coefficient (Wildman–Crippen LogP) is 11.0. The van der Waals surface area contributed by atoms with Crippen LogP contribution in [0.5, 0.6) is 17.2 Å². The molecule has 4 aromatic carbocycles. The number of ether oxygens (including phenoxy) is 4. The van der Waals surface area contributed by atoms with Gasteiger partial charge in [-0.1, -0.05) is 72.6 Å². The van der Waals surface area contributed by atoms with Gasteiger partial charge in [0.25, 0.3) is 0 Å². The molecule has 1 amide bonds. The number of amides is 1. The normalized spacial score (nSPS) is 26.4. The molecule has 10 nitrogen and oxygen atoms in total. The third-order valence-electron chi connectivity index (χ3n) is 14.2. The Kier molecular flexibility index (Phi) is 14.6. The van der Waals surface area contributed by atoms with E-state index in [1.807, 2.05) is 30.3 Å². The molecule has 5 aliphatic rings. The number of fused-ring (bicyclic) bond motifs is 3. The lowest BCUT2D eigenvalue weighted by Crippen LogP contribution is -2.70. The first-order chi connectivity index (χ1) is 31.9. The molecule has 2 saturated carbocycles. The zero-order valence-corrected chi connectivity index (χ0v) is 38.5. The van der Waals surface area contributed by atoms with Crippen LogP contribution in [-0.4, -0.2) is 77.5 Å². The fraction of sp³-hybridized carbons (Fsp3) is 0.481. The summed E-state index contributed by atoms with van der Waals surface area (Å²) in [6, 6.07) is 28.3. The van der Waals surface area contributed by atoms with Crippen LogP contribution in [0.15, 0.2) is 119 Å². The summed E-state index contributed by atoms with van der Waals surface area (Å²) in [5.74, 6) is 0.397. The highest BCUT2D eigenvalue weighted by Crippen LogP contribution is 2.62. The van der Waals surface area contributed by atoms with Crippen LogP contribution < -0.4 is 9.47 Å². The van der Waals surface area contributed by atoms with Gasteiger partial charge < -0.3 is 38.9 Å². The molecule has 3 aliphatic carbocycles. The van der Waals surface area contributed by atoms with Crippen LogP contribution in [-0.2, 0) is 25.7 Å². The molecule has 65 heavy (non-hydrogen) atoms. The number of allylic oxidation sites excluding steroid dienone is 1. The van der Waals surface area contributed by atoms with Gasteiger partial charge in [-0.05, 0) is 134 Å². The Labute approximate surface area is 388 Å². The molecule has 7 atom stereocenters. The number of unbranched alkanes of at least 4 members (excludes halogenated alkanes) is 2. The van der Waals surface area contributed by atoms with E-state index in [2.05, 4.69) is 78.4 Å². The van der Waals surface area contributed by atoms with Crippen molar-refractivity contribution < 1.29 is 38.8 Å². The lowest BCUT2D eigenvalue weighted by atomic mass is 9.55. The van der Waals surface area contributed by atoms with Gasteiger partial charge in [-0.2, -0.15) is 0 Å². The van der Waals surface area contributed by atoms with Crippen LogP contribution in [0, 0.1) is 23.7 Å². The molecular formula is C54H64N2O8S. The summed E-state index contributed by atoms with van der Waals surface area (Å²) in [5.41, 5.74) is 3.85. The summed E-state index contributed by atoms with van der Waals surface area (Å²) in [4.78, 5) is 24.8. The SMILES string of the molecule is C=CCOC12Oc3ccc(Oc4ccc(SC)cc4)cc3C3C(CCCCO)C(CCCCO)C=C(C(=NOC4CCCCO4)CC1N(Cc1cccc4ccccc14)C(=O)C1CC1)C32. The second-order valence-electron chi connectivity index (χ2n) is 18.3. The van der Waals surface area contributed by atoms with Crippen molar-refractivity contribution >= 4 is 34.2 Å². The van der Waals surface area contributed by atoms with Crippen molar-refractivity contribution in [2.24, 2.45) is 28.8 Å². The quantitative estimate of drug-likeness (QED) is 0.0387. The van der Waals surface area contributed by atoms with Crippen LogP contribution in [0.1, 0.15) is 94.1 Å². The van der Waals surface area contributed by atoms with Gasteiger partial charge >= 0.3 is 0 Å². The molecule has 2 heterocycles. The van der Waals surface area contributed by atoms with Crippen LogP contribution in [0.25, 0.3) is 10.8 Å². The fourth-order valence-corrected chi connectivity index (χ4v) is 11.3. The van der Waals surface area contributed by atoms with Gasteiger partial charge in [0.1, 0.15) is 23.3 Å². The predicted molar refractivity (Wildman–Crippen MR) is 255 cm³/mol. The molecule has 9 rings (SSSR count).